The molecular formula is C15H12Cl2FN3. The third kappa shape index (κ3) is 2.74. The van der Waals surface area contributed by atoms with Crippen molar-refractivity contribution < 1.29 is 4.39 Å². The maximum atomic E-state index is 13.5. The number of halogens is 3. The van der Waals surface area contributed by atoms with E-state index in [2.05, 4.69) is 9.97 Å². The number of alkyl halides is 1. The Morgan fingerprint density at radius 2 is 2.10 bits per heavy atom. The van der Waals surface area contributed by atoms with Gasteiger partial charge in [-0.25, -0.2) is 9.37 Å². The number of fused-ring (bicyclic) bond motifs is 1. The zero-order valence-corrected chi connectivity index (χ0v) is 12.8. The minimum absolute atomic E-state index is 0.0757. The Bertz CT molecular complexity index is 797. The van der Waals surface area contributed by atoms with Crippen molar-refractivity contribution in [1.82, 2.24) is 14.5 Å². The Morgan fingerprint density at radius 1 is 1.29 bits per heavy atom. The lowest BCUT2D eigenvalue weighted by Gasteiger charge is -2.08. The van der Waals surface area contributed by atoms with Crippen LogP contribution in [0.3, 0.4) is 0 Å². The van der Waals surface area contributed by atoms with Gasteiger partial charge >= 0.3 is 0 Å². The summed E-state index contributed by atoms with van der Waals surface area (Å²) in [5.74, 6) is 0.438. The van der Waals surface area contributed by atoms with Gasteiger partial charge < -0.3 is 4.57 Å². The second kappa shape index (κ2) is 5.62. The molecule has 21 heavy (non-hydrogen) atoms. The topological polar surface area (TPSA) is 30.7 Å². The second-order valence-electron chi connectivity index (χ2n) is 4.81. The number of aryl methyl sites for hydroxylation is 1. The van der Waals surface area contributed by atoms with Crippen molar-refractivity contribution in [1.29, 1.82) is 0 Å². The molecule has 0 spiro atoms. The monoisotopic (exact) mass is 323 g/mol. The Hall–Kier alpha value is -1.65. The zero-order valence-electron chi connectivity index (χ0n) is 11.3. The van der Waals surface area contributed by atoms with Crippen LogP contribution in [0.1, 0.15) is 17.1 Å². The third-order valence-corrected chi connectivity index (χ3v) is 3.83. The zero-order chi connectivity index (χ0) is 15.0. The molecule has 0 radical (unpaired) electrons. The summed E-state index contributed by atoms with van der Waals surface area (Å²) >= 11 is 11.8. The maximum absolute atomic E-state index is 13.5. The Kier molecular flexibility index (Phi) is 3.83. The molecule has 3 rings (SSSR count). The van der Waals surface area contributed by atoms with Gasteiger partial charge in [0.25, 0.3) is 0 Å². The minimum atomic E-state index is -0.480. The molecule has 108 valence electrons. The largest absolute Gasteiger partial charge is 0.322 e. The maximum Gasteiger partial charge on any atom is 0.144 e. The molecule has 0 fully saturated rings. The van der Waals surface area contributed by atoms with Crippen LogP contribution in [0.25, 0.3) is 11.0 Å². The fraction of sp³-hybridized carbons (Fsp3) is 0.200. The summed E-state index contributed by atoms with van der Waals surface area (Å²) in [6, 6.07) is 6.85. The average Bonchev–Trinajstić information content (AvgIpc) is 2.79. The number of hydrogen-bond acceptors (Lipinski definition) is 2. The van der Waals surface area contributed by atoms with E-state index in [0.717, 1.165) is 16.8 Å². The SMILES string of the molecule is Cc1ccc(Cn2c(CCl)nc3cc(F)c(Cl)cc32)cn1. The van der Waals surface area contributed by atoms with Crippen molar-refractivity contribution in [3.05, 3.63) is 58.4 Å². The summed E-state index contributed by atoms with van der Waals surface area (Å²) in [7, 11) is 0. The van der Waals surface area contributed by atoms with Crippen LogP contribution in [-0.4, -0.2) is 14.5 Å². The first-order chi connectivity index (χ1) is 10.1. The normalized spacial score (nSPS) is 11.2. The molecule has 0 aliphatic heterocycles. The number of aromatic nitrogens is 3. The first-order valence-corrected chi connectivity index (χ1v) is 7.31. The summed E-state index contributed by atoms with van der Waals surface area (Å²) in [6.07, 6.45) is 1.81. The molecule has 3 nitrogen and oxygen atoms in total. The van der Waals surface area contributed by atoms with E-state index in [4.69, 9.17) is 23.2 Å². The quantitative estimate of drug-likeness (QED) is 0.672. The molecule has 0 amide bonds. The summed E-state index contributed by atoms with van der Waals surface area (Å²) < 4.78 is 15.5. The van der Waals surface area contributed by atoms with Crippen LogP contribution >= 0.6 is 23.2 Å². The van der Waals surface area contributed by atoms with Gasteiger partial charge in [0.2, 0.25) is 0 Å². The third-order valence-electron chi connectivity index (χ3n) is 3.30. The van der Waals surface area contributed by atoms with E-state index in [1.165, 1.54) is 6.07 Å². The van der Waals surface area contributed by atoms with E-state index in [1.54, 1.807) is 6.07 Å². The van der Waals surface area contributed by atoms with Gasteiger partial charge in [0.1, 0.15) is 11.6 Å². The predicted octanol–water partition coefficient (Wildman–Crippen LogP) is 4.32. The molecule has 0 N–H and O–H groups in total. The van der Waals surface area contributed by atoms with E-state index < -0.39 is 5.82 Å². The number of hydrogen-bond donors (Lipinski definition) is 0. The first-order valence-electron chi connectivity index (χ1n) is 6.40. The summed E-state index contributed by atoms with van der Waals surface area (Å²) in [6.45, 7) is 2.50. The highest BCUT2D eigenvalue weighted by Crippen LogP contribution is 2.25. The van der Waals surface area contributed by atoms with E-state index >= 15 is 0 Å². The molecular weight excluding hydrogens is 312 g/mol. The lowest BCUT2D eigenvalue weighted by atomic mass is 10.2. The van der Waals surface area contributed by atoms with Crippen molar-refractivity contribution in [3.8, 4) is 0 Å². The molecule has 3 aromatic rings. The van der Waals surface area contributed by atoms with Crippen LogP contribution in [0.2, 0.25) is 5.02 Å². The number of rotatable bonds is 3. The van der Waals surface area contributed by atoms with Gasteiger partial charge in [0.15, 0.2) is 0 Å². The lowest BCUT2D eigenvalue weighted by Crippen LogP contribution is -2.04. The second-order valence-corrected chi connectivity index (χ2v) is 5.49. The average molecular weight is 324 g/mol. The van der Waals surface area contributed by atoms with E-state index in [9.17, 15) is 4.39 Å². The van der Waals surface area contributed by atoms with Crippen LogP contribution < -0.4 is 0 Å². The molecule has 0 saturated heterocycles. The predicted molar refractivity (Wildman–Crippen MR) is 82.3 cm³/mol. The van der Waals surface area contributed by atoms with E-state index in [1.807, 2.05) is 29.8 Å². The highest BCUT2D eigenvalue weighted by atomic mass is 35.5. The van der Waals surface area contributed by atoms with Crippen LogP contribution in [0.15, 0.2) is 30.5 Å². The van der Waals surface area contributed by atoms with Crippen molar-refractivity contribution in [3.63, 3.8) is 0 Å². The van der Waals surface area contributed by atoms with Crippen molar-refractivity contribution in [2.75, 3.05) is 0 Å². The molecule has 2 aromatic heterocycles. The molecule has 1 aromatic carbocycles. The standard InChI is InChI=1S/C15H12Cl2FN3/c1-9-2-3-10(7-19-9)8-21-14-4-11(17)12(18)5-13(14)20-15(21)6-16/h2-5,7H,6,8H2,1H3. The highest BCUT2D eigenvalue weighted by molar-refractivity contribution is 6.31. The van der Waals surface area contributed by atoms with Crippen LogP contribution in [0.4, 0.5) is 4.39 Å². The molecule has 6 heteroatoms. The molecule has 0 saturated carbocycles. The molecule has 0 unspecified atom stereocenters. The van der Waals surface area contributed by atoms with Crippen LogP contribution in [0.5, 0.6) is 0 Å². The number of benzene rings is 1. The van der Waals surface area contributed by atoms with Crippen LogP contribution in [-0.2, 0) is 12.4 Å². The number of imidazole rings is 1. The number of pyridine rings is 1. The first kappa shape index (κ1) is 14.3. The van der Waals surface area contributed by atoms with Crippen molar-refractivity contribution in [2.45, 2.75) is 19.3 Å². The summed E-state index contributed by atoms with van der Waals surface area (Å²) in [4.78, 5) is 8.63. The van der Waals surface area contributed by atoms with E-state index in [0.29, 0.717) is 17.9 Å². The van der Waals surface area contributed by atoms with Gasteiger partial charge in [-0.3, -0.25) is 4.98 Å². The van der Waals surface area contributed by atoms with Crippen LogP contribution in [0, 0.1) is 12.7 Å². The van der Waals surface area contributed by atoms with Crippen molar-refractivity contribution >= 4 is 34.2 Å². The van der Waals surface area contributed by atoms with Gasteiger partial charge in [0, 0.05) is 18.0 Å². The van der Waals surface area contributed by atoms with Gasteiger partial charge in [-0.05, 0) is 24.6 Å². The molecule has 0 aliphatic carbocycles. The molecule has 2 heterocycles. The van der Waals surface area contributed by atoms with Gasteiger partial charge in [-0.15, -0.1) is 11.6 Å². The Balaban J connectivity index is 2.11. The van der Waals surface area contributed by atoms with Gasteiger partial charge in [0.05, 0.1) is 28.5 Å². The van der Waals surface area contributed by atoms with Gasteiger partial charge in [-0.2, -0.15) is 0 Å². The summed E-state index contributed by atoms with van der Waals surface area (Å²) in [5.41, 5.74) is 3.29. The Morgan fingerprint density at radius 3 is 2.76 bits per heavy atom. The van der Waals surface area contributed by atoms with Crippen molar-refractivity contribution in [2.24, 2.45) is 0 Å². The fourth-order valence-corrected chi connectivity index (χ4v) is 2.58. The minimum Gasteiger partial charge on any atom is -0.322 e. The fourth-order valence-electron chi connectivity index (χ4n) is 2.22. The smallest absolute Gasteiger partial charge is 0.144 e. The van der Waals surface area contributed by atoms with Gasteiger partial charge in [-0.1, -0.05) is 17.7 Å². The highest BCUT2D eigenvalue weighted by Gasteiger charge is 2.13. The molecule has 0 bridgehead atoms. The summed E-state index contributed by atoms with van der Waals surface area (Å²) in [5, 5.41) is 0.0757. The number of nitrogens with zero attached hydrogens (tertiary/aromatic N) is 3. The molecule has 0 aliphatic rings. The molecule has 0 atom stereocenters. The lowest BCUT2D eigenvalue weighted by molar-refractivity contribution is 0.629. The Labute approximate surface area is 131 Å². The van der Waals surface area contributed by atoms with E-state index in [-0.39, 0.29) is 10.9 Å².